The number of ether oxygens (including phenoxy) is 1. The number of piperazine rings is 1. The number of esters is 1. The van der Waals surface area contributed by atoms with Gasteiger partial charge in [0.15, 0.2) is 0 Å². The van der Waals surface area contributed by atoms with E-state index in [4.69, 9.17) is 4.74 Å². The zero-order chi connectivity index (χ0) is 19.5. The van der Waals surface area contributed by atoms with Gasteiger partial charge in [-0.3, -0.25) is 14.5 Å². The number of rotatable bonds is 4. The number of para-hydroxylation sites is 1. The van der Waals surface area contributed by atoms with Crippen molar-refractivity contribution < 1.29 is 14.3 Å². The van der Waals surface area contributed by atoms with E-state index in [0.29, 0.717) is 31.7 Å². The highest BCUT2D eigenvalue weighted by molar-refractivity contribution is 6.10. The SMILES string of the molecule is COC(=O)CN1CCN(c2ncccc2C(=O)N2CCc3ccccc32)CC1. The summed E-state index contributed by atoms with van der Waals surface area (Å²) >= 11 is 0. The summed E-state index contributed by atoms with van der Waals surface area (Å²) in [6.45, 7) is 3.87. The van der Waals surface area contributed by atoms with E-state index in [2.05, 4.69) is 20.9 Å². The molecule has 0 N–H and O–H groups in total. The summed E-state index contributed by atoms with van der Waals surface area (Å²) in [6.07, 6.45) is 2.61. The Hall–Kier alpha value is -2.93. The predicted molar refractivity (Wildman–Crippen MR) is 107 cm³/mol. The largest absolute Gasteiger partial charge is 0.468 e. The van der Waals surface area contributed by atoms with Crippen LogP contribution in [0.15, 0.2) is 42.6 Å². The first-order valence-electron chi connectivity index (χ1n) is 9.56. The lowest BCUT2D eigenvalue weighted by atomic mass is 10.1. The summed E-state index contributed by atoms with van der Waals surface area (Å²) in [5.41, 5.74) is 2.82. The molecule has 2 aliphatic heterocycles. The van der Waals surface area contributed by atoms with Gasteiger partial charge in [-0.1, -0.05) is 18.2 Å². The molecule has 0 unspecified atom stereocenters. The summed E-state index contributed by atoms with van der Waals surface area (Å²) in [5, 5.41) is 0. The minimum absolute atomic E-state index is 0.00922. The van der Waals surface area contributed by atoms with Gasteiger partial charge >= 0.3 is 5.97 Å². The van der Waals surface area contributed by atoms with Crippen LogP contribution >= 0.6 is 0 Å². The number of hydrogen-bond acceptors (Lipinski definition) is 6. The van der Waals surface area contributed by atoms with Crippen molar-refractivity contribution in [2.75, 3.05) is 56.2 Å². The van der Waals surface area contributed by atoms with Gasteiger partial charge in [-0.15, -0.1) is 0 Å². The first kappa shape index (κ1) is 18.4. The second-order valence-electron chi connectivity index (χ2n) is 7.05. The molecule has 1 fully saturated rings. The first-order chi connectivity index (χ1) is 13.7. The van der Waals surface area contributed by atoms with Crippen molar-refractivity contribution in [3.8, 4) is 0 Å². The molecule has 0 spiro atoms. The number of methoxy groups -OCH3 is 1. The summed E-state index contributed by atoms with van der Waals surface area (Å²) in [4.78, 5) is 35.4. The molecule has 4 rings (SSSR count). The number of pyridine rings is 1. The van der Waals surface area contributed by atoms with Gasteiger partial charge in [0.25, 0.3) is 5.91 Å². The standard InChI is InChI=1S/C21H24N4O3/c1-28-19(26)15-23-11-13-24(14-12-23)20-17(6-4-9-22-20)21(27)25-10-8-16-5-2-3-7-18(16)25/h2-7,9H,8,10-15H2,1H3. The molecule has 28 heavy (non-hydrogen) atoms. The molecule has 2 aliphatic rings. The molecule has 3 heterocycles. The van der Waals surface area contributed by atoms with Gasteiger partial charge in [0, 0.05) is 44.6 Å². The third kappa shape index (κ3) is 3.57. The fraction of sp³-hybridized carbons (Fsp3) is 0.381. The van der Waals surface area contributed by atoms with Crippen LogP contribution in [0.3, 0.4) is 0 Å². The van der Waals surface area contributed by atoms with Crippen molar-refractivity contribution in [3.63, 3.8) is 0 Å². The van der Waals surface area contributed by atoms with Crippen LogP contribution in [0.5, 0.6) is 0 Å². The number of hydrogen-bond donors (Lipinski definition) is 0. The van der Waals surface area contributed by atoms with Crippen LogP contribution in [0.2, 0.25) is 0 Å². The van der Waals surface area contributed by atoms with Crippen molar-refractivity contribution >= 4 is 23.4 Å². The summed E-state index contributed by atoms with van der Waals surface area (Å²) in [6, 6.07) is 11.7. The number of benzene rings is 1. The zero-order valence-electron chi connectivity index (χ0n) is 16.0. The molecular weight excluding hydrogens is 356 g/mol. The Labute approximate surface area is 164 Å². The number of amides is 1. The zero-order valence-corrected chi connectivity index (χ0v) is 16.0. The molecule has 1 amide bonds. The van der Waals surface area contributed by atoms with E-state index in [9.17, 15) is 9.59 Å². The third-order valence-corrected chi connectivity index (χ3v) is 5.40. The molecule has 0 bridgehead atoms. The minimum Gasteiger partial charge on any atom is -0.468 e. The van der Waals surface area contributed by atoms with Crippen LogP contribution in [-0.4, -0.2) is 68.1 Å². The minimum atomic E-state index is -0.227. The van der Waals surface area contributed by atoms with Crippen molar-refractivity contribution in [1.29, 1.82) is 0 Å². The van der Waals surface area contributed by atoms with Gasteiger partial charge in [0.05, 0.1) is 19.2 Å². The number of anilines is 2. The first-order valence-corrected chi connectivity index (χ1v) is 9.56. The average molecular weight is 380 g/mol. The second kappa shape index (κ2) is 7.98. The highest BCUT2D eigenvalue weighted by Gasteiger charge is 2.29. The number of carbonyl (C=O) groups is 2. The van der Waals surface area contributed by atoms with E-state index in [1.807, 2.05) is 35.2 Å². The molecule has 0 atom stereocenters. The quantitative estimate of drug-likeness (QED) is 0.751. The van der Waals surface area contributed by atoms with Crippen LogP contribution in [-0.2, 0) is 16.0 Å². The molecule has 7 heteroatoms. The molecule has 0 aliphatic carbocycles. The van der Waals surface area contributed by atoms with E-state index in [0.717, 1.165) is 31.0 Å². The average Bonchev–Trinajstić information content (AvgIpc) is 3.18. The molecule has 0 radical (unpaired) electrons. The summed E-state index contributed by atoms with van der Waals surface area (Å²) in [5.74, 6) is 0.481. The molecule has 1 aromatic heterocycles. The van der Waals surface area contributed by atoms with Gasteiger partial charge in [0.1, 0.15) is 5.82 Å². The van der Waals surface area contributed by atoms with Crippen molar-refractivity contribution in [2.45, 2.75) is 6.42 Å². The Balaban J connectivity index is 1.51. The Bertz CT molecular complexity index is 877. The number of fused-ring (bicyclic) bond motifs is 1. The van der Waals surface area contributed by atoms with Crippen LogP contribution < -0.4 is 9.80 Å². The molecular formula is C21H24N4O3. The predicted octanol–water partition coefficient (Wildman–Crippen LogP) is 1.58. The number of carbonyl (C=O) groups excluding carboxylic acids is 2. The summed E-state index contributed by atoms with van der Waals surface area (Å²) < 4.78 is 4.74. The maximum Gasteiger partial charge on any atom is 0.319 e. The lowest BCUT2D eigenvalue weighted by Crippen LogP contribution is -2.49. The van der Waals surface area contributed by atoms with Crippen molar-refractivity contribution in [1.82, 2.24) is 9.88 Å². The normalized spacial score (nSPS) is 16.8. The van der Waals surface area contributed by atoms with Gasteiger partial charge in [-0.2, -0.15) is 0 Å². The molecule has 146 valence electrons. The van der Waals surface area contributed by atoms with Gasteiger partial charge in [-0.05, 0) is 30.2 Å². The monoisotopic (exact) mass is 380 g/mol. The van der Waals surface area contributed by atoms with Gasteiger partial charge < -0.3 is 14.5 Å². The van der Waals surface area contributed by atoms with E-state index in [-0.39, 0.29) is 11.9 Å². The molecule has 1 aromatic carbocycles. The lowest BCUT2D eigenvalue weighted by Gasteiger charge is -2.35. The van der Waals surface area contributed by atoms with Crippen LogP contribution in [0.25, 0.3) is 0 Å². The smallest absolute Gasteiger partial charge is 0.319 e. The maximum absolute atomic E-state index is 13.3. The number of aromatic nitrogens is 1. The second-order valence-corrected chi connectivity index (χ2v) is 7.05. The topological polar surface area (TPSA) is 66.0 Å². The van der Waals surface area contributed by atoms with Crippen LogP contribution in [0.4, 0.5) is 11.5 Å². The third-order valence-electron chi connectivity index (χ3n) is 5.40. The fourth-order valence-electron chi connectivity index (χ4n) is 3.88. The summed E-state index contributed by atoms with van der Waals surface area (Å²) in [7, 11) is 1.40. The molecule has 7 nitrogen and oxygen atoms in total. The fourth-order valence-corrected chi connectivity index (χ4v) is 3.88. The Morgan fingerprint density at radius 3 is 2.61 bits per heavy atom. The van der Waals surface area contributed by atoms with E-state index >= 15 is 0 Å². The van der Waals surface area contributed by atoms with Crippen molar-refractivity contribution in [2.24, 2.45) is 0 Å². The van der Waals surface area contributed by atoms with Crippen LogP contribution in [0.1, 0.15) is 15.9 Å². The highest BCUT2D eigenvalue weighted by atomic mass is 16.5. The Morgan fingerprint density at radius 2 is 1.82 bits per heavy atom. The van der Waals surface area contributed by atoms with E-state index < -0.39 is 0 Å². The number of nitrogens with zero attached hydrogens (tertiary/aromatic N) is 4. The highest BCUT2D eigenvalue weighted by Crippen LogP contribution is 2.30. The van der Waals surface area contributed by atoms with E-state index in [1.54, 1.807) is 6.20 Å². The van der Waals surface area contributed by atoms with E-state index in [1.165, 1.54) is 12.7 Å². The molecule has 2 aromatic rings. The van der Waals surface area contributed by atoms with Crippen LogP contribution in [0, 0.1) is 0 Å². The Morgan fingerprint density at radius 1 is 1.04 bits per heavy atom. The lowest BCUT2D eigenvalue weighted by molar-refractivity contribution is -0.142. The maximum atomic E-state index is 13.3. The molecule has 0 saturated carbocycles. The Kier molecular flexibility index (Phi) is 5.25. The molecule has 1 saturated heterocycles. The van der Waals surface area contributed by atoms with Crippen molar-refractivity contribution in [3.05, 3.63) is 53.7 Å². The van der Waals surface area contributed by atoms with Gasteiger partial charge in [0.2, 0.25) is 0 Å². The van der Waals surface area contributed by atoms with Gasteiger partial charge in [-0.25, -0.2) is 4.98 Å².